The van der Waals surface area contributed by atoms with Gasteiger partial charge in [0.15, 0.2) is 0 Å². The highest BCUT2D eigenvalue weighted by Crippen LogP contribution is 2.25. The van der Waals surface area contributed by atoms with Gasteiger partial charge in [-0.2, -0.15) is 0 Å². The third-order valence-electron chi connectivity index (χ3n) is 4.42. The van der Waals surface area contributed by atoms with Crippen molar-refractivity contribution in [3.63, 3.8) is 0 Å². The van der Waals surface area contributed by atoms with Crippen LogP contribution in [0.15, 0.2) is 30.3 Å². The molecular formula is C17H24N6OS. The quantitative estimate of drug-likeness (QED) is 0.798. The van der Waals surface area contributed by atoms with E-state index < -0.39 is 0 Å². The number of nitrogens with one attached hydrogen (secondary N) is 1. The van der Waals surface area contributed by atoms with Crippen LogP contribution in [0.3, 0.4) is 0 Å². The maximum atomic E-state index is 12.6. The summed E-state index contributed by atoms with van der Waals surface area (Å²) in [6.45, 7) is 7.49. The van der Waals surface area contributed by atoms with Crippen LogP contribution in [0.5, 0.6) is 0 Å². The first-order valence-electron chi connectivity index (χ1n) is 8.53. The van der Waals surface area contributed by atoms with Crippen LogP contribution in [0.1, 0.15) is 23.5 Å². The standard InChI is InChI=1S/C17H24N6OS/c1-2-22-8-10-23(11-9-22)12-14(24)19-15(13-6-4-3-5-7-13)16-20-21-17(18)25-16/h3-7,15H,2,8-12H2,1H3,(H2,18,21)(H,19,24)/t15-/m0/s1. The highest BCUT2D eigenvalue weighted by Gasteiger charge is 2.23. The summed E-state index contributed by atoms with van der Waals surface area (Å²) in [6.07, 6.45) is 0. The SMILES string of the molecule is CCN1CCN(CC(=O)N[C@@H](c2ccccc2)c2nnc(N)s2)CC1. The molecular weight excluding hydrogens is 336 g/mol. The summed E-state index contributed by atoms with van der Waals surface area (Å²) in [4.78, 5) is 17.2. The molecule has 8 heteroatoms. The van der Waals surface area contributed by atoms with E-state index in [1.54, 1.807) is 0 Å². The Bertz CT molecular complexity index is 683. The first-order valence-corrected chi connectivity index (χ1v) is 9.35. The lowest BCUT2D eigenvalue weighted by atomic mass is 10.1. The normalized spacial score (nSPS) is 17.3. The minimum atomic E-state index is -0.319. The fourth-order valence-corrected chi connectivity index (χ4v) is 3.66. The second-order valence-corrected chi connectivity index (χ2v) is 7.14. The summed E-state index contributed by atoms with van der Waals surface area (Å²) < 4.78 is 0. The summed E-state index contributed by atoms with van der Waals surface area (Å²) in [7, 11) is 0. The molecule has 134 valence electrons. The van der Waals surface area contributed by atoms with Gasteiger partial charge in [0.1, 0.15) is 11.0 Å². The lowest BCUT2D eigenvalue weighted by Gasteiger charge is -2.33. The van der Waals surface area contributed by atoms with Gasteiger partial charge in [0.05, 0.1) is 6.54 Å². The number of nitrogens with zero attached hydrogens (tertiary/aromatic N) is 4. The molecule has 0 radical (unpaired) electrons. The second kappa shape index (κ2) is 8.37. The first kappa shape index (κ1) is 17.8. The predicted octanol–water partition coefficient (Wildman–Crippen LogP) is 0.963. The van der Waals surface area contributed by atoms with E-state index in [1.807, 2.05) is 30.3 Å². The van der Waals surface area contributed by atoms with Crippen LogP contribution in [0.25, 0.3) is 0 Å². The minimum Gasteiger partial charge on any atom is -0.374 e. The van der Waals surface area contributed by atoms with E-state index in [-0.39, 0.29) is 11.9 Å². The van der Waals surface area contributed by atoms with Gasteiger partial charge in [0.25, 0.3) is 0 Å². The smallest absolute Gasteiger partial charge is 0.235 e. The number of nitrogen functional groups attached to an aromatic ring is 1. The van der Waals surface area contributed by atoms with E-state index >= 15 is 0 Å². The van der Waals surface area contributed by atoms with Gasteiger partial charge >= 0.3 is 0 Å². The van der Waals surface area contributed by atoms with Gasteiger partial charge in [-0.05, 0) is 12.1 Å². The van der Waals surface area contributed by atoms with Crippen LogP contribution < -0.4 is 11.1 Å². The molecule has 0 bridgehead atoms. The van der Waals surface area contributed by atoms with Gasteiger partial charge in [-0.3, -0.25) is 9.69 Å². The van der Waals surface area contributed by atoms with Crippen molar-refractivity contribution in [3.05, 3.63) is 40.9 Å². The maximum absolute atomic E-state index is 12.6. The number of likely N-dealkylation sites (N-methyl/N-ethyl adjacent to an activating group) is 1. The maximum Gasteiger partial charge on any atom is 0.235 e. The molecule has 1 aliphatic heterocycles. The zero-order valence-corrected chi connectivity index (χ0v) is 15.2. The molecule has 1 fully saturated rings. The Hall–Kier alpha value is -2.03. The number of nitrogens with two attached hydrogens (primary N) is 1. The molecule has 1 amide bonds. The molecule has 2 aromatic rings. The molecule has 0 spiro atoms. The van der Waals surface area contributed by atoms with Crippen molar-refractivity contribution < 1.29 is 4.79 Å². The second-order valence-electron chi connectivity index (χ2n) is 6.10. The average molecular weight is 360 g/mol. The van der Waals surface area contributed by atoms with Crippen molar-refractivity contribution in [2.24, 2.45) is 0 Å². The molecule has 25 heavy (non-hydrogen) atoms. The van der Waals surface area contributed by atoms with E-state index in [2.05, 4.69) is 32.2 Å². The third-order valence-corrected chi connectivity index (χ3v) is 5.24. The van der Waals surface area contributed by atoms with Crippen LogP contribution in [0, 0.1) is 0 Å². The highest BCUT2D eigenvalue weighted by atomic mass is 32.1. The fourth-order valence-electron chi connectivity index (χ4n) is 2.97. The van der Waals surface area contributed by atoms with Gasteiger partial charge in [-0.25, -0.2) is 0 Å². The van der Waals surface area contributed by atoms with Gasteiger partial charge in [-0.1, -0.05) is 48.6 Å². The molecule has 1 aromatic heterocycles. The Morgan fingerprint density at radius 3 is 2.48 bits per heavy atom. The molecule has 3 N–H and O–H groups in total. The minimum absolute atomic E-state index is 0.00688. The Kier molecular flexibility index (Phi) is 5.95. The molecule has 1 aliphatic rings. The Labute approximate surface area is 151 Å². The number of rotatable bonds is 6. The van der Waals surface area contributed by atoms with Gasteiger partial charge in [0, 0.05) is 26.2 Å². The van der Waals surface area contributed by atoms with E-state index in [0.717, 1.165) is 38.3 Å². The predicted molar refractivity (Wildman–Crippen MR) is 99.3 cm³/mol. The van der Waals surface area contributed by atoms with E-state index in [4.69, 9.17) is 5.73 Å². The number of benzene rings is 1. The van der Waals surface area contributed by atoms with Crippen LogP contribution in [-0.4, -0.2) is 65.2 Å². The summed E-state index contributed by atoms with van der Waals surface area (Å²) in [6, 6.07) is 9.47. The Morgan fingerprint density at radius 2 is 1.88 bits per heavy atom. The number of amides is 1. The molecule has 7 nitrogen and oxygen atoms in total. The number of carbonyl (C=O) groups excluding carboxylic acids is 1. The summed E-state index contributed by atoms with van der Waals surface area (Å²) in [5, 5.41) is 12.2. The largest absolute Gasteiger partial charge is 0.374 e. The number of hydrogen-bond donors (Lipinski definition) is 2. The summed E-state index contributed by atoms with van der Waals surface area (Å²) >= 11 is 1.30. The zero-order chi connectivity index (χ0) is 17.6. The van der Waals surface area contributed by atoms with Crippen molar-refractivity contribution >= 4 is 22.4 Å². The Morgan fingerprint density at radius 1 is 1.20 bits per heavy atom. The van der Waals surface area contributed by atoms with Crippen LogP contribution in [0.4, 0.5) is 5.13 Å². The van der Waals surface area contributed by atoms with E-state index in [1.165, 1.54) is 11.3 Å². The van der Waals surface area contributed by atoms with Crippen molar-refractivity contribution in [1.29, 1.82) is 0 Å². The molecule has 1 aromatic carbocycles. The average Bonchev–Trinajstić information content (AvgIpc) is 3.07. The summed E-state index contributed by atoms with van der Waals surface area (Å²) in [5.41, 5.74) is 6.70. The zero-order valence-electron chi connectivity index (χ0n) is 14.4. The topological polar surface area (TPSA) is 87.4 Å². The van der Waals surface area contributed by atoms with Crippen molar-refractivity contribution in [2.45, 2.75) is 13.0 Å². The van der Waals surface area contributed by atoms with Crippen LogP contribution >= 0.6 is 11.3 Å². The van der Waals surface area contributed by atoms with Crippen LogP contribution in [-0.2, 0) is 4.79 Å². The van der Waals surface area contributed by atoms with E-state index in [0.29, 0.717) is 16.7 Å². The lowest BCUT2D eigenvalue weighted by Crippen LogP contribution is -2.49. The van der Waals surface area contributed by atoms with Crippen molar-refractivity contribution in [3.8, 4) is 0 Å². The van der Waals surface area contributed by atoms with Crippen molar-refractivity contribution in [1.82, 2.24) is 25.3 Å². The molecule has 1 atom stereocenters. The summed E-state index contributed by atoms with van der Waals surface area (Å²) in [5.74, 6) is -0.00688. The molecule has 2 heterocycles. The number of aromatic nitrogens is 2. The van der Waals surface area contributed by atoms with Crippen molar-refractivity contribution in [2.75, 3.05) is 45.0 Å². The highest BCUT2D eigenvalue weighted by molar-refractivity contribution is 7.15. The molecule has 0 aliphatic carbocycles. The van der Waals surface area contributed by atoms with E-state index in [9.17, 15) is 4.79 Å². The van der Waals surface area contributed by atoms with Gasteiger partial charge < -0.3 is 16.0 Å². The third kappa shape index (κ3) is 4.75. The monoisotopic (exact) mass is 360 g/mol. The molecule has 0 unspecified atom stereocenters. The molecule has 0 saturated carbocycles. The first-order chi connectivity index (χ1) is 12.2. The number of carbonyl (C=O) groups is 1. The molecule has 3 rings (SSSR count). The number of anilines is 1. The van der Waals surface area contributed by atoms with Gasteiger partial charge in [0.2, 0.25) is 11.0 Å². The lowest BCUT2D eigenvalue weighted by molar-refractivity contribution is -0.123. The van der Waals surface area contributed by atoms with Gasteiger partial charge in [-0.15, -0.1) is 10.2 Å². The number of hydrogen-bond acceptors (Lipinski definition) is 7. The fraction of sp³-hybridized carbons (Fsp3) is 0.471. The molecule has 1 saturated heterocycles. The van der Waals surface area contributed by atoms with Crippen LogP contribution in [0.2, 0.25) is 0 Å². The Balaban J connectivity index is 1.65. The number of piperazine rings is 1.